The first kappa shape index (κ1) is 31.1. The van der Waals surface area contributed by atoms with Gasteiger partial charge in [0.05, 0.1) is 5.69 Å². The van der Waals surface area contributed by atoms with Gasteiger partial charge in [-0.3, -0.25) is 29.7 Å². The second-order valence-corrected chi connectivity index (χ2v) is 11.4. The van der Waals surface area contributed by atoms with Crippen molar-refractivity contribution in [1.29, 1.82) is 0 Å². The SMILES string of the molecule is Cc1ccc(NC(=O)c2ccc(CN(C)Cc3cccc(N4CCC(=O)NC4=O)c3)cc2)cc1Nc1nccc(-c2cccnc2)n1. The molecule has 0 aliphatic carbocycles. The summed E-state index contributed by atoms with van der Waals surface area (Å²) in [7, 11) is 2.02. The number of hydrogen-bond donors (Lipinski definition) is 3. The molecule has 0 atom stereocenters. The van der Waals surface area contributed by atoms with E-state index in [0.717, 1.165) is 39.3 Å². The normalized spacial score (nSPS) is 13.0. The number of amides is 4. The van der Waals surface area contributed by atoms with Crippen molar-refractivity contribution in [2.24, 2.45) is 0 Å². The van der Waals surface area contributed by atoms with Crippen LogP contribution in [0.4, 0.5) is 27.8 Å². The Kier molecular flexibility index (Phi) is 9.26. The van der Waals surface area contributed by atoms with Crippen molar-refractivity contribution in [2.75, 3.05) is 29.1 Å². The summed E-state index contributed by atoms with van der Waals surface area (Å²) in [5.74, 6) is -0.0222. The molecule has 0 unspecified atom stereocenters. The van der Waals surface area contributed by atoms with Crippen molar-refractivity contribution in [3.05, 3.63) is 126 Å². The fraction of sp³-hybridized carbons (Fsp3) is 0.167. The fourth-order valence-electron chi connectivity index (χ4n) is 5.33. The van der Waals surface area contributed by atoms with Crippen molar-refractivity contribution in [3.63, 3.8) is 0 Å². The van der Waals surface area contributed by atoms with Crippen LogP contribution < -0.4 is 20.9 Å². The summed E-state index contributed by atoms with van der Waals surface area (Å²) in [5, 5.41) is 8.63. The van der Waals surface area contributed by atoms with Crippen LogP contribution >= 0.6 is 0 Å². The number of carbonyl (C=O) groups is 3. The van der Waals surface area contributed by atoms with Crippen molar-refractivity contribution in [2.45, 2.75) is 26.4 Å². The molecule has 0 saturated carbocycles. The molecule has 1 aliphatic rings. The Morgan fingerprint density at radius 2 is 1.77 bits per heavy atom. The molecule has 6 rings (SSSR count). The first-order chi connectivity index (χ1) is 22.8. The number of imide groups is 1. The van der Waals surface area contributed by atoms with Crippen LogP contribution in [0.2, 0.25) is 0 Å². The van der Waals surface area contributed by atoms with Gasteiger partial charge < -0.3 is 10.6 Å². The van der Waals surface area contributed by atoms with Crippen molar-refractivity contribution in [3.8, 4) is 11.3 Å². The molecule has 4 amide bonds. The van der Waals surface area contributed by atoms with Gasteiger partial charge in [0.2, 0.25) is 11.9 Å². The van der Waals surface area contributed by atoms with E-state index in [4.69, 9.17) is 0 Å². The molecule has 5 aromatic rings. The predicted molar refractivity (Wildman–Crippen MR) is 181 cm³/mol. The number of aryl methyl sites for hydroxylation is 1. The zero-order chi connectivity index (χ0) is 32.8. The second-order valence-electron chi connectivity index (χ2n) is 11.4. The predicted octanol–water partition coefficient (Wildman–Crippen LogP) is 5.92. The number of hydrogen-bond acceptors (Lipinski definition) is 8. The van der Waals surface area contributed by atoms with E-state index in [-0.39, 0.29) is 18.2 Å². The van der Waals surface area contributed by atoms with E-state index in [1.165, 1.54) is 0 Å². The highest BCUT2D eigenvalue weighted by Crippen LogP contribution is 2.25. The minimum atomic E-state index is -0.395. The minimum absolute atomic E-state index is 0.213. The average molecular weight is 627 g/mol. The Balaban J connectivity index is 1.05. The molecular weight excluding hydrogens is 592 g/mol. The largest absolute Gasteiger partial charge is 0.328 e. The van der Waals surface area contributed by atoms with Crippen molar-refractivity contribution in [1.82, 2.24) is 25.2 Å². The second kappa shape index (κ2) is 14.0. The average Bonchev–Trinajstić information content (AvgIpc) is 3.07. The maximum absolute atomic E-state index is 13.1. The molecule has 11 nitrogen and oxygen atoms in total. The van der Waals surface area contributed by atoms with Crippen LogP contribution in [-0.2, 0) is 17.9 Å². The minimum Gasteiger partial charge on any atom is -0.324 e. The lowest BCUT2D eigenvalue weighted by atomic mass is 10.1. The van der Waals surface area contributed by atoms with E-state index in [2.05, 4.69) is 35.8 Å². The van der Waals surface area contributed by atoms with Gasteiger partial charge >= 0.3 is 6.03 Å². The number of pyridine rings is 1. The molecule has 0 bridgehead atoms. The smallest absolute Gasteiger partial charge is 0.324 e. The third-order valence-electron chi connectivity index (χ3n) is 7.75. The molecule has 0 spiro atoms. The van der Waals surface area contributed by atoms with Crippen LogP contribution in [0.25, 0.3) is 11.3 Å². The number of aromatic nitrogens is 3. The fourth-order valence-corrected chi connectivity index (χ4v) is 5.33. The molecule has 1 saturated heterocycles. The highest BCUT2D eigenvalue weighted by Gasteiger charge is 2.24. The third kappa shape index (κ3) is 7.84. The Morgan fingerprint density at radius 1 is 0.936 bits per heavy atom. The van der Waals surface area contributed by atoms with Crippen LogP contribution in [0.5, 0.6) is 0 Å². The zero-order valence-electron chi connectivity index (χ0n) is 26.1. The quantitative estimate of drug-likeness (QED) is 0.174. The molecule has 2 aromatic heterocycles. The van der Waals surface area contributed by atoms with E-state index in [0.29, 0.717) is 36.8 Å². The van der Waals surface area contributed by atoms with E-state index in [1.54, 1.807) is 23.5 Å². The van der Waals surface area contributed by atoms with E-state index >= 15 is 0 Å². The number of anilines is 4. The summed E-state index contributed by atoms with van der Waals surface area (Å²) in [5.41, 5.74) is 7.46. The highest BCUT2D eigenvalue weighted by molar-refractivity contribution is 6.06. The van der Waals surface area contributed by atoms with Gasteiger partial charge in [-0.1, -0.05) is 30.3 Å². The summed E-state index contributed by atoms with van der Waals surface area (Å²) < 4.78 is 0. The number of nitrogens with zero attached hydrogens (tertiary/aromatic N) is 5. The highest BCUT2D eigenvalue weighted by atomic mass is 16.2. The summed E-state index contributed by atoms with van der Waals surface area (Å²) in [4.78, 5) is 53.8. The molecule has 0 radical (unpaired) electrons. The summed E-state index contributed by atoms with van der Waals surface area (Å²) in [6.45, 7) is 3.67. The monoisotopic (exact) mass is 626 g/mol. The van der Waals surface area contributed by atoms with Crippen LogP contribution in [0.15, 0.2) is 104 Å². The molecular formula is C36H34N8O3. The van der Waals surface area contributed by atoms with Crippen LogP contribution in [-0.4, -0.2) is 51.3 Å². The third-order valence-corrected chi connectivity index (χ3v) is 7.75. The van der Waals surface area contributed by atoms with E-state index in [1.807, 2.05) is 98.9 Å². The lowest BCUT2D eigenvalue weighted by Crippen LogP contribution is -2.49. The molecule has 3 N–H and O–H groups in total. The van der Waals surface area contributed by atoms with Crippen LogP contribution in [0.3, 0.4) is 0 Å². The lowest BCUT2D eigenvalue weighted by molar-refractivity contribution is -0.120. The first-order valence-electron chi connectivity index (χ1n) is 15.2. The number of benzene rings is 3. The van der Waals surface area contributed by atoms with Crippen LogP contribution in [0.1, 0.15) is 33.5 Å². The number of nitrogens with one attached hydrogen (secondary N) is 3. The Morgan fingerprint density at radius 3 is 2.55 bits per heavy atom. The molecule has 1 fully saturated rings. The molecule has 236 valence electrons. The molecule has 3 aromatic carbocycles. The van der Waals surface area contributed by atoms with Gasteiger partial charge in [-0.25, -0.2) is 14.8 Å². The summed E-state index contributed by atoms with van der Waals surface area (Å²) in [6, 6.07) is 26.2. The molecule has 3 heterocycles. The summed E-state index contributed by atoms with van der Waals surface area (Å²) in [6.07, 6.45) is 5.45. The first-order valence-corrected chi connectivity index (χ1v) is 15.2. The van der Waals surface area contributed by atoms with Crippen molar-refractivity contribution >= 4 is 40.9 Å². The molecule has 47 heavy (non-hydrogen) atoms. The number of urea groups is 1. The van der Waals surface area contributed by atoms with Gasteiger partial charge in [0, 0.05) is 72.8 Å². The van der Waals surface area contributed by atoms with Gasteiger partial charge in [0.15, 0.2) is 0 Å². The zero-order valence-corrected chi connectivity index (χ0v) is 26.1. The topological polar surface area (TPSA) is 132 Å². The molecule has 1 aliphatic heterocycles. The lowest BCUT2D eigenvalue weighted by Gasteiger charge is -2.27. The van der Waals surface area contributed by atoms with Gasteiger partial charge in [-0.05, 0) is 85.3 Å². The van der Waals surface area contributed by atoms with Gasteiger partial charge in [0.25, 0.3) is 5.91 Å². The van der Waals surface area contributed by atoms with Crippen LogP contribution in [0, 0.1) is 6.92 Å². The maximum Gasteiger partial charge on any atom is 0.328 e. The van der Waals surface area contributed by atoms with E-state index < -0.39 is 6.03 Å². The maximum atomic E-state index is 13.1. The Bertz CT molecular complexity index is 1910. The summed E-state index contributed by atoms with van der Waals surface area (Å²) >= 11 is 0. The van der Waals surface area contributed by atoms with E-state index in [9.17, 15) is 14.4 Å². The standard InChI is InChI=1S/C36H34N8O3/c1-24-8-13-29(20-32(24)41-35-38-17-14-31(40-35)28-6-4-16-37-21-28)39-34(46)27-11-9-25(10-12-27)22-43(2)23-26-5-3-7-30(19-26)44-18-15-33(45)42-36(44)47/h3-14,16-17,19-21H,15,18,22-23H2,1-2H3,(H,39,46)(H,38,40,41)(H,42,45,47). The van der Waals surface area contributed by atoms with Gasteiger partial charge in [-0.15, -0.1) is 0 Å². The van der Waals surface area contributed by atoms with Gasteiger partial charge in [0.1, 0.15) is 0 Å². The molecule has 11 heteroatoms. The van der Waals surface area contributed by atoms with Gasteiger partial charge in [-0.2, -0.15) is 0 Å². The number of carbonyl (C=O) groups excluding carboxylic acids is 3. The van der Waals surface area contributed by atoms with Crippen molar-refractivity contribution < 1.29 is 14.4 Å². The Labute approximate surface area is 272 Å². The number of rotatable bonds is 10. The Hall–Kier alpha value is -5.94.